The number of benzene rings is 1. The van der Waals surface area contributed by atoms with Crippen LogP contribution >= 0.6 is 0 Å². The normalized spacial score (nSPS) is 13.1. The van der Waals surface area contributed by atoms with Crippen LogP contribution in [-0.2, 0) is 9.39 Å². The van der Waals surface area contributed by atoms with Crippen molar-refractivity contribution < 1.29 is 19.3 Å². The quantitative estimate of drug-likeness (QED) is 0.865. The number of para-hydroxylation sites is 1. The Bertz CT molecular complexity index is 766. The number of hydrogen-bond donors (Lipinski definition) is 1. The SMILES string of the molecule is CC(C)(C)OC(=O)n1cc([B]OC(C)(C)C(C)(C)O)c2ccccc21. The summed E-state index contributed by atoms with van der Waals surface area (Å²) in [5.74, 6) is 0. The first kappa shape index (κ1) is 19.5. The van der Waals surface area contributed by atoms with Crippen LogP contribution in [0.4, 0.5) is 4.79 Å². The van der Waals surface area contributed by atoms with Crippen molar-refractivity contribution in [1.29, 1.82) is 0 Å². The summed E-state index contributed by atoms with van der Waals surface area (Å²) < 4.78 is 12.8. The van der Waals surface area contributed by atoms with E-state index in [1.165, 1.54) is 4.57 Å². The molecule has 1 aromatic carbocycles. The molecule has 0 saturated heterocycles. The highest BCUT2D eigenvalue weighted by atomic mass is 16.6. The number of rotatable bonds is 4. The van der Waals surface area contributed by atoms with Crippen LogP contribution in [0.2, 0.25) is 0 Å². The molecule has 0 aliphatic carbocycles. The molecule has 0 unspecified atom stereocenters. The summed E-state index contributed by atoms with van der Waals surface area (Å²) in [6.45, 7) is 12.5. The minimum Gasteiger partial charge on any atom is -0.443 e. The van der Waals surface area contributed by atoms with Gasteiger partial charge in [0.05, 0.1) is 16.7 Å². The molecule has 0 spiro atoms. The van der Waals surface area contributed by atoms with E-state index in [1.54, 1.807) is 27.5 Å². The number of aliphatic hydroxyl groups is 1. The number of carbonyl (C=O) groups is 1. The number of carbonyl (C=O) groups excluding carboxylic acids is 1. The van der Waals surface area contributed by atoms with Gasteiger partial charge in [0.15, 0.2) is 0 Å². The first-order chi connectivity index (χ1) is 11.3. The molecule has 0 amide bonds. The Hall–Kier alpha value is -1.79. The molecule has 1 N–H and O–H groups in total. The van der Waals surface area contributed by atoms with Crippen molar-refractivity contribution in [3.8, 4) is 0 Å². The Labute approximate surface area is 150 Å². The van der Waals surface area contributed by atoms with Crippen molar-refractivity contribution in [2.24, 2.45) is 0 Å². The zero-order chi connectivity index (χ0) is 19.0. The molecule has 0 aliphatic rings. The third-order valence-corrected chi connectivity index (χ3v) is 4.29. The smallest absolute Gasteiger partial charge is 0.418 e. The van der Waals surface area contributed by atoms with Crippen LogP contribution in [0.15, 0.2) is 30.5 Å². The molecule has 6 heteroatoms. The molecule has 2 aromatic rings. The summed E-state index contributed by atoms with van der Waals surface area (Å²) in [7, 11) is 1.58. The molecule has 2 rings (SSSR count). The van der Waals surface area contributed by atoms with Crippen LogP contribution in [0.3, 0.4) is 0 Å². The van der Waals surface area contributed by atoms with Crippen molar-refractivity contribution in [2.75, 3.05) is 0 Å². The summed E-state index contributed by atoms with van der Waals surface area (Å²) in [4.78, 5) is 12.5. The molecular formula is C19H27BNO4. The monoisotopic (exact) mass is 344 g/mol. The first-order valence-electron chi connectivity index (χ1n) is 8.39. The minimum absolute atomic E-state index is 0.440. The van der Waals surface area contributed by atoms with Crippen LogP contribution < -0.4 is 5.46 Å². The summed E-state index contributed by atoms with van der Waals surface area (Å²) in [6.07, 6.45) is 1.25. The number of ether oxygens (including phenoxy) is 1. The summed E-state index contributed by atoms with van der Waals surface area (Å²) in [5, 5.41) is 11.1. The van der Waals surface area contributed by atoms with E-state index in [-0.39, 0.29) is 0 Å². The van der Waals surface area contributed by atoms with Crippen molar-refractivity contribution in [2.45, 2.75) is 65.3 Å². The van der Waals surface area contributed by atoms with E-state index < -0.39 is 22.9 Å². The second-order valence-corrected chi connectivity index (χ2v) is 8.26. The van der Waals surface area contributed by atoms with Gasteiger partial charge in [-0.25, -0.2) is 4.79 Å². The fourth-order valence-electron chi connectivity index (χ4n) is 2.12. The molecule has 0 aliphatic heterocycles. The molecule has 1 heterocycles. The maximum Gasteiger partial charge on any atom is 0.418 e. The highest BCUT2D eigenvalue weighted by Gasteiger charge is 2.36. The van der Waals surface area contributed by atoms with E-state index in [2.05, 4.69) is 0 Å². The van der Waals surface area contributed by atoms with E-state index in [0.29, 0.717) is 0 Å². The Kier molecular flexibility index (Phi) is 5.08. The van der Waals surface area contributed by atoms with Gasteiger partial charge in [0.2, 0.25) is 0 Å². The molecule has 0 atom stereocenters. The topological polar surface area (TPSA) is 60.7 Å². The molecular weight excluding hydrogens is 317 g/mol. The number of aromatic nitrogens is 1. The van der Waals surface area contributed by atoms with Gasteiger partial charge in [0, 0.05) is 6.20 Å². The molecule has 1 aromatic heterocycles. The summed E-state index contributed by atoms with van der Waals surface area (Å²) >= 11 is 0. The van der Waals surface area contributed by atoms with E-state index in [9.17, 15) is 9.90 Å². The number of nitrogens with zero attached hydrogens (tertiary/aromatic N) is 1. The standard InChI is InChI=1S/C19H27BNO4/c1-17(2,3)24-16(22)21-12-14(13-10-8-9-11-15(13)21)20-25-19(6,7)18(4,5)23/h8-12,23H,1-7H3. The third-order valence-electron chi connectivity index (χ3n) is 4.29. The lowest BCUT2D eigenvalue weighted by Gasteiger charge is -2.37. The van der Waals surface area contributed by atoms with Crippen LogP contribution in [-0.4, -0.2) is 40.1 Å². The fraction of sp³-hybridized carbons (Fsp3) is 0.526. The molecule has 0 saturated carbocycles. The molecule has 5 nitrogen and oxygen atoms in total. The van der Waals surface area contributed by atoms with E-state index in [0.717, 1.165) is 16.4 Å². The molecule has 1 radical (unpaired) electrons. The fourth-order valence-corrected chi connectivity index (χ4v) is 2.12. The number of hydrogen-bond acceptors (Lipinski definition) is 4. The van der Waals surface area contributed by atoms with Gasteiger partial charge in [-0.05, 0) is 65.4 Å². The van der Waals surface area contributed by atoms with Gasteiger partial charge in [0.1, 0.15) is 5.60 Å². The highest BCUT2D eigenvalue weighted by Crippen LogP contribution is 2.25. The van der Waals surface area contributed by atoms with Gasteiger partial charge in [-0.1, -0.05) is 18.2 Å². The average Bonchev–Trinajstić information content (AvgIpc) is 2.81. The first-order valence-corrected chi connectivity index (χ1v) is 8.39. The van der Waals surface area contributed by atoms with Crippen LogP contribution in [0.5, 0.6) is 0 Å². The maximum atomic E-state index is 12.5. The van der Waals surface area contributed by atoms with E-state index >= 15 is 0 Å². The molecule has 135 valence electrons. The number of fused-ring (bicyclic) bond motifs is 1. The van der Waals surface area contributed by atoms with Crippen molar-refractivity contribution in [3.63, 3.8) is 0 Å². The van der Waals surface area contributed by atoms with Gasteiger partial charge >= 0.3 is 13.6 Å². The van der Waals surface area contributed by atoms with E-state index in [4.69, 9.17) is 9.39 Å². The second kappa shape index (κ2) is 6.50. The lowest BCUT2D eigenvalue weighted by Crippen LogP contribution is -2.49. The van der Waals surface area contributed by atoms with Crippen molar-refractivity contribution in [3.05, 3.63) is 30.5 Å². The molecule has 0 fully saturated rings. The van der Waals surface area contributed by atoms with Gasteiger partial charge in [-0.2, -0.15) is 0 Å². The maximum absolute atomic E-state index is 12.5. The van der Waals surface area contributed by atoms with Gasteiger partial charge in [0.25, 0.3) is 0 Å². The molecule has 25 heavy (non-hydrogen) atoms. The predicted octanol–water partition coefficient (Wildman–Crippen LogP) is 3.24. The van der Waals surface area contributed by atoms with Gasteiger partial charge in [-0.15, -0.1) is 0 Å². The van der Waals surface area contributed by atoms with Crippen LogP contribution in [0.25, 0.3) is 10.9 Å². The third kappa shape index (κ3) is 4.44. The Morgan fingerprint density at radius 1 is 1.08 bits per heavy atom. The van der Waals surface area contributed by atoms with Crippen molar-refractivity contribution in [1.82, 2.24) is 4.57 Å². The zero-order valence-corrected chi connectivity index (χ0v) is 16.1. The van der Waals surface area contributed by atoms with Gasteiger partial charge in [-0.3, -0.25) is 4.57 Å². The summed E-state index contributed by atoms with van der Waals surface area (Å²) in [6, 6.07) is 7.55. The molecule has 0 bridgehead atoms. The lowest BCUT2D eigenvalue weighted by atomic mass is 9.82. The highest BCUT2D eigenvalue weighted by molar-refractivity contribution is 6.51. The van der Waals surface area contributed by atoms with Crippen LogP contribution in [0, 0.1) is 0 Å². The Morgan fingerprint density at radius 3 is 2.24 bits per heavy atom. The average molecular weight is 344 g/mol. The minimum atomic E-state index is -1.02. The second-order valence-electron chi connectivity index (χ2n) is 8.26. The Morgan fingerprint density at radius 2 is 1.68 bits per heavy atom. The summed E-state index contributed by atoms with van der Waals surface area (Å²) in [5.41, 5.74) is -0.896. The van der Waals surface area contributed by atoms with Crippen molar-refractivity contribution >= 4 is 29.9 Å². The van der Waals surface area contributed by atoms with Gasteiger partial charge < -0.3 is 14.5 Å². The lowest BCUT2D eigenvalue weighted by molar-refractivity contribution is -0.0893. The zero-order valence-electron chi connectivity index (χ0n) is 16.1. The Balaban J connectivity index is 2.35. The van der Waals surface area contributed by atoms with Crippen LogP contribution in [0.1, 0.15) is 48.5 Å². The van der Waals surface area contributed by atoms with E-state index in [1.807, 2.05) is 58.9 Å². The largest absolute Gasteiger partial charge is 0.443 e. The predicted molar refractivity (Wildman–Crippen MR) is 100 cm³/mol.